The van der Waals surface area contributed by atoms with Crippen LogP contribution >= 0.6 is 0 Å². The van der Waals surface area contributed by atoms with Crippen molar-refractivity contribution < 1.29 is 14.7 Å². The van der Waals surface area contributed by atoms with Crippen molar-refractivity contribution in [1.29, 1.82) is 0 Å². The number of nitrogens with zero attached hydrogens (tertiary/aromatic N) is 3. The molecule has 2 aliphatic rings. The number of rotatable bonds is 7. The van der Waals surface area contributed by atoms with Crippen LogP contribution in [-0.2, 0) is 0 Å². The Morgan fingerprint density at radius 2 is 1.79 bits per heavy atom. The molecule has 2 aliphatic heterocycles. The first-order valence-corrected chi connectivity index (χ1v) is 12.1. The number of aryl methyl sites for hydroxylation is 1. The van der Waals surface area contributed by atoms with Crippen molar-refractivity contribution in [3.05, 3.63) is 53.2 Å². The largest absolute Gasteiger partial charge is 0.478 e. The van der Waals surface area contributed by atoms with Gasteiger partial charge < -0.3 is 20.2 Å². The molecule has 0 bridgehead atoms. The van der Waals surface area contributed by atoms with Crippen LogP contribution in [-0.4, -0.2) is 59.6 Å². The van der Waals surface area contributed by atoms with E-state index < -0.39 is 5.97 Å². The van der Waals surface area contributed by atoms with Gasteiger partial charge in [0, 0.05) is 18.7 Å². The third-order valence-electron chi connectivity index (χ3n) is 6.96. The number of aromatic nitrogens is 1. The van der Waals surface area contributed by atoms with Gasteiger partial charge in [-0.15, -0.1) is 0 Å². The number of benzene rings is 1. The zero-order chi connectivity index (χ0) is 23.2. The summed E-state index contributed by atoms with van der Waals surface area (Å²) in [7, 11) is 0. The Kier molecular flexibility index (Phi) is 7.60. The summed E-state index contributed by atoms with van der Waals surface area (Å²) >= 11 is 0. The molecular weight excluding hydrogens is 416 g/mol. The molecule has 1 aromatic heterocycles. The van der Waals surface area contributed by atoms with Gasteiger partial charge in [-0.2, -0.15) is 0 Å². The Hall–Kier alpha value is -2.93. The lowest BCUT2D eigenvalue weighted by atomic mass is 9.92. The van der Waals surface area contributed by atoms with Gasteiger partial charge in [-0.1, -0.05) is 24.6 Å². The smallest absolute Gasteiger partial charge is 0.339 e. The molecule has 1 amide bonds. The molecule has 2 N–H and O–H groups in total. The second-order valence-corrected chi connectivity index (χ2v) is 9.29. The summed E-state index contributed by atoms with van der Waals surface area (Å²) in [4.78, 5) is 33.7. The maximum absolute atomic E-state index is 12.6. The molecule has 2 aromatic rings. The van der Waals surface area contributed by atoms with Gasteiger partial charge in [0.1, 0.15) is 11.4 Å². The molecule has 0 saturated carbocycles. The SMILES string of the molecule is Cc1ccccc1C(=O)Nc1cnc(N2CCC(CCN3CCCCC3)CC2)c(C(=O)O)c1. The first kappa shape index (κ1) is 23.2. The maximum atomic E-state index is 12.6. The van der Waals surface area contributed by atoms with Crippen molar-refractivity contribution >= 4 is 23.4 Å². The average molecular weight is 451 g/mol. The average Bonchev–Trinajstić information content (AvgIpc) is 2.84. The van der Waals surface area contributed by atoms with Crippen molar-refractivity contribution in [2.24, 2.45) is 5.92 Å². The lowest BCUT2D eigenvalue weighted by molar-refractivity contribution is 0.0696. The highest BCUT2D eigenvalue weighted by atomic mass is 16.4. The van der Waals surface area contributed by atoms with E-state index in [-0.39, 0.29) is 11.5 Å². The molecule has 2 fully saturated rings. The number of hydrogen-bond donors (Lipinski definition) is 2. The molecule has 0 aliphatic carbocycles. The van der Waals surface area contributed by atoms with Gasteiger partial charge in [0.05, 0.1) is 11.9 Å². The second kappa shape index (κ2) is 10.8. The molecule has 0 spiro atoms. The molecule has 7 heteroatoms. The van der Waals surface area contributed by atoms with E-state index in [0.717, 1.165) is 31.5 Å². The number of nitrogens with one attached hydrogen (secondary N) is 1. The minimum absolute atomic E-state index is 0.129. The Bertz CT molecular complexity index is 979. The van der Waals surface area contributed by atoms with E-state index in [0.29, 0.717) is 23.0 Å². The van der Waals surface area contributed by atoms with Gasteiger partial charge in [0.2, 0.25) is 0 Å². The normalized spacial score (nSPS) is 17.7. The Morgan fingerprint density at radius 1 is 1.06 bits per heavy atom. The van der Waals surface area contributed by atoms with Crippen LogP contribution in [0.25, 0.3) is 0 Å². The number of amides is 1. The van der Waals surface area contributed by atoms with E-state index in [1.54, 1.807) is 12.3 Å². The Morgan fingerprint density at radius 3 is 2.48 bits per heavy atom. The number of likely N-dealkylation sites (tertiary alicyclic amines) is 1. The molecule has 1 aromatic carbocycles. The predicted octanol–water partition coefficient (Wildman–Crippen LogP) is 4.43. The van der Waals surface area contributed by atoms with Crippen molar-refractivity contribution in [2.75, 3.05) is 42.9 Å². The molecule has 2 saturated heterocycles. The molecule has 0 atom stereocenters. The monoisotopic (exact) mass is 450 g/mol. The van der Waals surface area contributed by atoms with Crippen LogP contribution in [0.15, 0.2) is 36.5 Å². The van der Waals surface area contributed by atoms with E-state index in [2.05, 4.69) is 20.1 Å². The van der Waals surface area contributed by atoms with Crippen molar-refractivity contribution in [2.45, 2.75) is 45.4 Å². The van der Waals surface area contributed by atoms with Crippen LogP contribution in [0.4, 0.5) is 11.5 Å². The minimum Gasteiger partial charge on any atom is -0.478 e. The molecule has 0 unspecified atom stereocenters. The summed E-state index contributed by atoms with van der Waals surface area (Å²) in [5.41, 5.74) is 1.94. The number of carbonyl (C=O) groups excluding carboxylic acids is 1. The highest BCUT2D eigenvalue weighted by molar-refractivity contribution is 6.06. The summed E-state index contributed by atoms with van der Waals surface area (Å²) < 4.78 is 0. The molecule has 33 heavy (non-hydrogen) atoms. The Labute approximate surface area is 195 Å². The quantitative estimate of drug-likeness (QED) is 0.649. The van der Waals surface area contributed by atoms with Crippen LogP contribution in [0.2, 0.25) is 0 Å². The predicted molar refractivity (Wildman–Crippen MR) is 130 cm³/mol. The zero-order valence-electron chi connectivity index (χ0n) is 19.4. The highest BCUT2D eigenvalue weighted by Gasteiger charge is 2.25. The lowest BCUT2D eigenvalue weighted by Crippen LogP contribution is -2.37. The van der Waals surface area contributed by atoms with Gasteiger partial charge >= 0.3 is 5.97 Å². The van der Waals surface area contributed by atoms with E-state index in [4.69, 9.17) is 0 Å². The van der Waals surface area contributed by atoms with Gasteiger partial charge in [0.25, 0.3) is 5.91 Å². The zero-order valence-corrected chi connectivity index (χ0v) is 19.4. The lowest BCUT2D eigenvalue weighted by Gasteiger charge is -2.35. The van der Waals surface area contributed by atoms with Crippen molar-refractivity contribution in [3.8, 4) is 0 Å². The number of aromatic carboxylic acids is 1. The van der Waals surface area contributed by atoms with Gasteiger partial charge in [-0.25, -0.2) is 9.78 Å². The minimum atomic E-state index is -1.03. The van der Waals surface area contributed by atoms with Gasteiger partial charge in [-0.05, 0) is 82.3 Å². The van der Waals surface area contributed by atoms with Crippen LogP contribution in [0.5, 0.6) is 0 Å². The summed E-state index contributed by atoms with van der Waals surface area (Å²) in [6.07, 6.45) is 8.90. The molecule has 0 radical (unpaired) electrons. The van der Waals surface area contributed by atoms with Crippen molar-refractivity contribution in [3.63, 3.8) is 0 Å². The van der Waals surface area contributed by atoms with Crippen molar-refractivity contribution in [1.82, 2.24) is 9.88 Å². The van der Waals surface area contributed by atoms with Crippen LogP contribution in [0.1, 0.15) is 64.8 Å². The highest BCUT2D eigenvalue weighted by Crippen LogP contribution is 2.28. The molecule has 7 nitrogen and oxygen atoms in total. The summed E-state index contributed by atoms with van der Waals surface area (Å²) in [6.45, 7) is 7.14. The molecule has 176 valence electrons. The fourth-order valence-electron chi connectivity index (χ4n) is 4.94. The van der Waals surface area contributed by atoms with Gasteiger partial charge in [0.15, 0.2) is 0 Å². The van der Waals surface area contributed by atoms with E-state index in [1.165, 1.54) is 51.4 Å². The maximum Gasteiger partial charge on any atom is 0.339 e. The first-order valence-electron chi connectivity index (χ1n) is 12.1. The number of carboxylic acid groups (broad SMARTS) is 1. The fraction of sp³-hybridized carbons (Fsp3) is 0.500. The molecule has 4 rings (SSSR count). The number of pyridine rings is 1. The standard InChI is InChI=1S/C26H34N4O3/c1-19-7-3-4-8-22(19)25(31)28-21-17-23(26(32)33)24(27-18-21)30-15-10-20(11-16-30)9-14-29-12-5-2-6-13-29/h3-4,7-8,17-18,20H,2,5-6,9-16H2,1H3,(H,28,31)(H,32,33). The third-order valence-corrected chi connectivity index (χ3v) is 6.96. The van der Waals surface area contributed by atoms with E-state index >= 15 is 0 Å². The third kappa shape index (κ3) is 5.90. The first-order chi connectivity index (χ1) is 16.0. The number of carboxylic acids is 1. The summed E-state index contributed by atoms with van der Waals surface area (Å²) in [6, 6.07) is 8.82. The number of anilines is 2. The topological polar surface area (TPSA) is 85.8 Å². The number of hydrogen-bond acceptors (Lipinski definition) is 5. The summed E-state index contributed by atoms with van der Waals surface area (Å²) in [5, 5.41) is 12.6. The fourth-order valence-corrected chi connectivity index (χ4v) is 4.94. The number of carbonyl (C=O) groups is 2. The second-order valence-electron chi connectivity index (χ2n) is 9.29. The van der Waals surface area contributed by atoms with Gasteiger partial charge in [-0.3, -0.25) is 4.79 Å². The number of piperidine rings is 2. The van der Waals surface area contributed by atoms with E-state index in [9.17, 15) is 14.7 Å². The van der Waals surface area contributed by atoms with Crippen LogP contribution in [0.3, 0.4) is 0 Å². The van der Waals surface area contributed by atoms with E-state index in [1.807, 2.05) is 25.1 Å². The Balaban J connectivity index is 1.37. The summed E-state index contributed by atoms with van der Waals surface area (Å²) in [5.74, 6) is -0.125. The van der Waals surface area contributed by atoms with Crippen LogP contribution < -0.4 is 10.2 Å². The molecule has 3 heterocycles. The van der Waals surface area contributed by atoms with Crippen LogP contribution in [0, 0.1) is 12.8 Å². The molecular formula is C26H34N4O3.